The number of nitro benzene ring substituents is 1. The van der Waals surface area contributed by atoms with Gasteiger partial charge in [0.15, 0.2) is 0 Å². The molecule has 0 bridgehead atoms. The quantitative estimate of drug-likeness (QED) is 0.684. The maximum atomic E-state index is 12.0. The smallest absolute Gasteiger partial charge is 0.311 e. The predicted octanol–water partition coefficient (Wildman–Crippen LogP) is 3.30. The number of nitro groups is 1. The fourth-order valence-corrected chi connectivity index (χ4v) is 2.55. The Balaban J connectivity index is 2.89. The number of ether oxygens (including phenoxy) is 1. The second-order valence-electron chi connectivity index (χ2n) is 6.01. The molecular formula is C15H16ClN3O4. The van der Waals surface area contributed by atoms with E-state index in [0.29, 0.717) is 11.1 Å². The number of methoxy groups -OCH3 is 1. The van der Waals surface area contributed by atoms with E-state index in [1.165, 1.54) is 19.4 Å². The van der Waals surface area contributed by atoms with Gasteiger partial charge in [0.25, 0.3) is 5.56 Å². The number of aromatic nitrogens is 2. The number of H-pyrrole nitrogens is 1. The number of aromatic amines is 1. The molecule has 0 fully saturated rings. The van der Waals surface area contributed by atoms with E-state index in [-0.39, 0.29) is 22.0 Å². The topological polar surface area (TPSA) is 98.1 Å². The van der Waals surface area contributed by atoms with Crippen molar-refractivity contribution in [2.75, 3.05) is 7.11 Å². The molecule has 0 aliphatic rings. The lowest BCUT2D eigenvalue weighted by atomic mass is 9.84. The van der Waals surface area contributed by atoms with Gasteiger partial charge in [-0.1, -0.05) is 32.4 Å². The molecule has 1 aromatic carbocycles. The molecule has 2 rings (SSSR count). The average molecular weight is 338 g/mol. The summed E-state index contributed by atoms with van der Waals surface area (Å²) in [5.74, 6) is 0.174. The molecule has 0 saturated carbocycles. The Kier molecular flexibility index (Phi) is 4.42. The van der Waals surface area contributed by atoms with Crippen LogP contribution in [-0.4, -0.2) is 22.2 Å². The molecule has 1 aromatic heterocycles. The van der Waals surface area contributed by atoms with Crippen molar-refractivity contribution in [2.24, 2.45) is 0 Å². The number of hydrogen-bond acceptors (Lipinski definition) is 5. The maximum absolute atomic E-state index is 12.0. The molecular weight excluding hydrogens is 322 g/mol. The highest BCUT2D eigenvalue weighted by molar-refractivity contribution is 6.33. The summed E-state index contributed by atoms with van der Waals surface area (Å²) in [5.41, 5.74) is -0.0808. The molecule has 0 radical (unpaired) electrons. The number of halogens is 1. The molecule has 0 amide bonds. The van der Waals surface area contributed by atoms with Gasteiger partial charge in [-0.25, -0.2) is 5.10 Å². The Morgan fingerprint density at radius 1 is 1.35 bits per heavy atom. The molecule has 2 aromatic rings. The second-order valence-corrected chi connectivity index (χ2v) is 6.41. The number of rotatable bonds is 3. The summed E-state index contributed by atoms with van der Waals surface area (Å²) in [5, 5.41) is 17.4. The van der Waals surface area contributed by atoms with E-state index in [0.717, 1.165) is 0 Å². The Labute approximate surface area is 137 Å². The molecule has 1 heterocycles. The number of nitrogens with zero attached hydrogens (tertiary/aromatic N) is 2. The maximum Gasteiger partial charge on any atom is 0.311 e. The highest BCUT2D eigenvalue weighted by atomic mass is 35.5. The van der Waals surface area contributed by atoms with Gasteiger partial charge in [0, 0.05) is 11.6 Å². The molecule has 7 nitrogen and oxygen atoms in total. The predicted molar refractivity (Wildman–Crippen MR) is 87.2 cm³/mol. The van der Waals surface area contributed by atoms with Crippen LogP contribution in [0.2, 0.25) is 5.02 Å². The molecule has 0 aliphatic carbocycles. The van der Waals surface area contributed by atoms with Crippen LogP contribution < -0.4 is 10.3 Å². The normalized spacial score (nSPS) is 11.3. The van der Waals surface area contributed by atoms with Crippen LogP contribution in [0.25, 0.3) is 11.1 Å². The average Bonchev–Trinajstić information content (AvgIpc) is 2.45. The Bertz CT molecular complexity index is 824. The van der Waals surface area contributed by atoms with Crippen molar-refractivity contribution in [1.29, 1.82) is 0 Å². The summed E-state index contributed by atoms with van der Waals surface area (Å²) in [4.78, 5) is 22.9. The first-order valence-electron chi connectivity index (χ1n) is 6.77. The second kappa shape index (κ2) is 6.00. The lowest BCUT2D eigenvalue weighted by Gasteiger charge is -2.22. The van der Waals surface area contributed by atoms with Gasteiger partial charge < -0.3 is 4.74 Å². The summed E-state index contributed by atoms with van der Waals surface area (Å²) < 4.78 is 5.24. The van der Waals surface area contributed by atoms with E-state index in [1.54, 1.807) is 6.07 Å². The summed E-state index contributed by atoms with van der Waals surface area (Å²) in [6.45, 7) is 5.70. The number of benzene rings is 1. The minimum Gasteiger partial charge on any atom is -0.490 e. The third kappa shape index (κ3) is 3.19. The molecule has 0 saturated heterocycles. The van der Waals surface area contributed by atoms with Crippen LogP contribution in [0.15, 0.2) is 23.1 Å². The van der Waals surface area contributed by atoms with Gasteiger partial charge in [-0.2, -0.15) is 5.10 Å². The van der Waals surface area contributed by atoms with E-state index in [2.05, 4.69) is 10.2 Å². The van der Waals surface area contributed by atoms with Gasteiger partial charge in [0.05, 0.1) is 28.8 Å². The molecule has 122 valence electrons. The van der Waals surface area contributed by atoms with Gasteiger partial charge in [-0.3, -0.25) is 14.9 Å². The third-order valence-corrected chi connectivity index (χ3v) is 3.66. The van der Waals surface area contributed by atoms with E-state index >= 15 is 0 Å². The summed E-state index contributed by atoms with van der Waals surface area (Å²) in [7, 11) is 1.38. The molecule has 0 atom stereocenters. The monoisotopic (exact) mass is 337 g/mol. The zero-order valence-corrected chi connectivity index (χ0v) is 13.9. The van der Waals surface area contributed by atoms with Crippen LogP contribution in [0.3, 0.4) is 0 Å². The fourth-order valence-electron chi connectivity index (χ4n) is 2.31. The first kappa shape index (κ1) is 17.0. The zero-order chi connectivity index (χ0) is 17.4. The lowest BCUT2D eigenvalue weighted by molar-refractivity contribution is -0.385. The first-order chi connectivity index (χ1) is 10.7. The fraction of sp³-hybridized carbons (Fsp3) is 0.333. The van der Waals surface area contributed by atoms with E-state index < -0.39 is 15.9 Å². The van der Waals surface area contributed by atoms with Gasteiger partial charge in [0.2, 0.25) is 5.75 Å². The van der Waals surface area contributed by atoms with Gasteiger partial charge >= 0.3 is 5.69 Å². The van der Waals surface area contributed by atoms with E-state index in [1.807, 2.05) is 20.8 Å². The van der Waals surface area contributed by atoms with Crippen molar-refractivity contribution < 1.29 is 9.66 Å². The first-order valence-corrected chi connectivity index (χ1v) is 7.15. The van der Waals surface area contributed by atoms with Gasteiger partial charge in [0.1, 0.15) is 0 Å². The van der Waals surface area contributed by atoms with Crippen molar-refractivity contribution >= 4 is 17.3 Å². The van der Waals surface area contributed by atoms with Crippen molar-refractivity contribution in [3.63, 3.8) is 0 Å². The molecule has 0 unspecified atom stereocenters. The largest absolute Gasteiger partial charge is 0.490 e. The van der Waals surface area contributed by atoms with Crippen LogP contribution in [0.4, 0.5) is 5.69 Å². The molecule has 23 heavy (non-hydrogen) atoms. The minimum atomic E-state index is -0.541. The Hall–Kier alpha value is -2.41. The van der Waals surface area contributed by atoms with Gasteiger partial charge in [-0.05, 0) is 17.0 Å². The van der Waals surface area contributed by atoms with Crippen LogP contribution >= 0.6 is 11.6 Å². The van der Waals surface area contributed by atoms with Crippen molar-refractivity contribution in [1.82, 2.24) is 10.2 Å². The molecule has 1 N–H and O–H groups in total. The van der Waals surface area contributed by atoms with Crippen LogP contribution in [0.5, 0.6) is 5.75 Å². The highest BCUT2D eigenvalue weighted by Gasteiger charge is 2.28. The van der Waals surface area contributed by atoms with Crippen LogP contribution in [0, 0.1) is 10.1 Å². The Morgan fingerprint density at radius 3 is 2.48 bits per heavy atom. The standard InChI is InChI=1S/C15H16ClN3O4/c1-15(2,3)9-5-8(6-11(19(21)22)13(9)23-4)12-10(16)7-17-18-14(12)20/h5-7H,1-4H3,(H,18,20). The number of nitrogens with one attached hydrogen (secondary N) is 1. The van der Waals surface area contributed by atoms with Crippen LogP contribution in [0.1, 0.15) is 26.3 Å². The molecule has 0 spiro atoms. The summed E-state index contributed by atoms with van der Waals surface area (Å²) in [6, 6.07) is 2.97. The van der Waals surface area contributed by atoms with Crippen molar-refractivity contribution in [3.05, 3.63) is 49.4 Å². The zero-order valence-electron chi connectivity index (χ0n) is 13.1. The summed E-state index contributed by atoms with van der Waals surface area (Å²) >= 11 is 6.05. The lowest BCUT2D eigenvalue weighted by Crippen LogP contribution is -2.16. The number of hydrogen-bond donors (Lipinski definition) is 1. The van der Waals surface area contributed by atoms with E-state index in [4.69, 9.17) is 16.3 Å². The van der Waals surface area contributed by atoms with Crippen molar-refractivity contribution in [2.45, 2.75) is 26.2 Å². The minimum absolute atomic E-state index is 0.119. The summed E-state index contributed by atoms with van der Waals surface area (Å²) in [6.07, 6.45) is 1.28. The highest BCUT2D eigenvalue weighted by Crippen LogP contribution is 2.42. The SMILES string of the molecule is COc1c([N+](=O)[O-])cc(-c2c(Cl)cn[nH]c2=O)cc1C(C)(C)C. The van der Waals surface area contributed by atoms with Gasteiger partial charge in [-0.15, -0.1) is 0 Å². The van der Waals surface area contributed by atoms with Crippen LogP contribution in [-0.2, 0) is 5.41 Å². The Morgan fingerprint density at radius 2 is 2.00 bits per heavy atom. The molecule has 8 heteroatoms. The van der Waals surface area contributed by atoms with E-state index in [9.17, 15) is 14.9 Å². The van der Waals surface area contributed by atoms with Crippen molar-refractivity contribution in [3.8, 4) is 16.9 Å². The third-order valence-electron chi connectivity index (χ3n) is 3.38. The molecule has 0 aliphatic heterocycles.